The van der Waals surface area contributed by atoms with Crippen molar-refractivity contribution in [3.8, 4) is 0 Å². The van der Waals surface area contributed by atoms with Crippen molar-refractivity contribution >= 4 is 17.4 Å². The molecule has 1 aromatic rings. The van der Waals surface area contributed by atoms with Gasteiger partial charge < -0.3 is 10.4 Å². The molecular weight excluding hydrogens is 200 g/mol. The molecule has 2 N–H and O–H groups in total. The van der Waals surface area contributed by atoms with Crippen LogP contribution in [0.15, 0.2) is 12.1 Å². The highest BCUT2D eigenvalue weighted by atomic mass is 35.5. The number of halogens is 1. The van der Waals surface area contributed by atoms with Crippen molar-refractivity contribution in [2.24, 2.45) is 0 Å². The number of aryl methyl sites for hydroxylation is 1. The molecule has 1 heterocycles. The van der Waals surface area contributed by atoms with Gasteiger partial charge >= 0.3 is 0 Å². The van der Waals surface area contributed by atoms with E-state index in [4.69, 9.17) is 16.7 Å². The molecule has 0 unspecified atom stereocenters. The Labute approximate surface area is 89.1 Å². The monoisotopic (exact) mass is 214 g/mol. The second kappa shape index (κ2) is 4.15. The van der Waals surface area contributed by atoms with Gasteiger partial charge in [0.25, 0.3) is 0 Å². The second-order valence-electron chi connectivity index (χ2n) is 4.02. The van der Waals surface area contributed by atoms with E-state index in [2.05, 4.69) is 10.3 Å². The zero-order valence-corrected chi connectivity index (χ0v) is 9.39. The van der Waals surface area contributed by atoms with Gasteiger partial charge in [0.1, 0.15) is 11.0 Å². The highest BCUT2D eigenvalue weighted by molar-refractivity contribution is 6.29. The van der Waals surface area contributed by atoms with Gasteiger partial charge in [0.2, 0.25) is 0 Å². The van der Waals surface area contributed by atoms with Gasteiger partial charge in [0.05, 0.1) is 12.1 Å². The summed E-state index contributed by atoms with van der Waals surface area (Å²) in [7, 11) is 0. The van der Waals surface area contributed by atoms with Crippen LogP contribution >= 0.6 is 11.6 Å². The standard InChI is InChI=1S/C10H15ClN2O/c1-7-4-8(11)12-9(5-7)13-10(2,3)6-14/h4-5,14H,6H2,1-3H3,(H,12,13). The zero-order valence-electron chi connectivity index (χ0n) is 8.63. The van der Waals surface area contributed by atoms with Crippen LogP contribution in [-0.4, -0.2) is 22.2 Å². The van der Waals surface area contributed by atoms with Crippen LogP contribution in [0.25, 0.3) is 0 Å². The summed E-state index contributed by atoms with van der Waals surface area (Å²) < 4.78 is 0. The van der Waals surface area contributed by atoms with E-state index in [0.29, 0.717) is 11.0 Å². The predicted octanol–water partition coefficient (Wildman–Crippen LogP) is 2.23. The molecule has 0 aromatic carbocycles. The van der Waals surface area contributed by atoms with Crippen LogP contribution in [0, 0.1) is 6.92 Å². The SMILES string of the molecule is Cc1cc(Cl)nc(NC(C)(C)CO)c1. The van der Waals surface area contributed by atoms with Crippen LogP contribution in [0.5, 0.6) is 0 Å². The Bertz CT molecular complexity index is 306. The van der Waals surface area contributed by atoms with E-state index in [1.165, 1.54) is 0 Å². The number of anilines is 1. The summed E-state index contributed by atoms with van der Waals surface area (Å²) >= 11 is 5.81. The first kappa shape index (κ1) is 11.3. The van der Waals surface area contributed by atoms with Crippen LogP contribution in [0.3, 0.4) is 0 Å². The number of aromatic nitrogens is 1. The fourth-order valence-corrected chi connectivity index (χ4v) is 1.34. The lowest BCUT2D eigenvalue weighted by atomic mass is 10.1. The van der Waals surface area contributed by atoms with E-state index < -0.39 is 0 Å². The van der Waals surface area contributed by atoms with Crippen molar-refractivity contribution in [1.82, 2.24) is 4.98 Å². The number of nitrogens with one attached hydrogen (secondary N) is 1. The third-order valence-electron chi connectivity index (χ3n) is 1.80. The predicted molar refractivity (Wildman–Crippen MR) is 58.8 cm³/mol. The second-order valence-corrected chi connectivity index (χ2v) is 4.41. The van der Waals surface area contributed by atoms with Gasteiger partial charge in [-0.3, -0.25) is 0 Å². The van der Waals surface area contributed by atoms with Crippen LogP contribution in [0.1, 0.15) is 19.4 Å². The fraction of sp³-hybridized carbons (Fsp3) is 0.500. The number of hydrogen-bond acceptors (Lipinski definition) is 3. The van der Waals surface area contributed by atoms with Gasteiger partial charge in [-0.2, -0.15) is 0 Å². The minimum atomic E-state index is -0.385. The minimum Gasteiger partial charge on any atom is -0.394 e. The summed E-state index contributed by atoms with van der Waals surface area (Å²) in [6.07, 6.45) is 0. The average Bonchev–Trinajstić information content (AvgIpc) is 2.01. The lowest BCUT2D eigenvalue weighted by Gasteiger charge is -2.24. The number of hydrogen-bond donors (Lipinski definition) is 2. The number of aliphatic hydroxyl groups is 1. The Kier molecular flexibility index (Phi) is 3.34. The summed E-state index contributed by atoms with van der Waals surface area (Å²) in [4.78, 5) is 4.11. The lowest BCUT2D eigenvalue weighted by Crippen LogP contribution is -2.35. The smallest absolute Gasteiger partial charge is 0.131 e. The molecular formula is C10H15ClN2O. The summed E-state index contributed by atoms with van der Waals surface area (Å²) in [5.74, 6) is 0.689. The molecule has 0 bridgehead atoms. The van der Waals surface area contributed by atoms with Crippen LogP contribution in [0.4, 0.5) is 5.82 Å². The number of rotatable bonds is 3. The molecule has 0 spiro atoms. The van der Waals surface area contributed by atoms with Crippen LogP contribution in [0.2, 0.25) is 5.15 Å². The molecule has 0 aliphatic heterocycles. The van der Waals surface area contributed by atoms with Crippen molar-refractivity contribution < 1.29 is 5.11 Å². The summed E-state index contributed by atoms with van der Waals surface area (Å²) in [5.41, 5.74) is 0.658. The maximum Gasteiger partial charge on any atom is 0.131 e. The van der Waals surface area contributed by atoms with E-state index in [9.17, 15) is 0 Å². The molecule has 14 heavy (non-hydrogen) atoms. The number of nitrogens with zero attached hydrogens (tertiary/aromatic N) is 1. The first-order chi connectivity index (χ1) is 6.43. The minimum absolute atomic E-state index is 0.0419. The molecule has 0 aliphatic rings. The van der Waals surface area contributed by atoms with Gasteiger partial charge in [-0.1, -0.05) is 11.6 Å². The van der Waals surface area contributed by atoms with Gasteiger partial charge in [-0.25, -0.2) is 4.98 Å². The third-order valence-corrected chi connectivity index (χ3v) is 1.99. The van der Waals surface area contributed by atoms with E-state index in [0.717, 1.165) is 5.56 Å². The molecule has 0 fully saturated rings. The molecule has 0 amide bonds. The summed E-state index contributed by atoms with van der Waals surface area (Å²) in [5, 5.41) is 12.6. The topological polar surface area (TPSA) is 45.2 Å². The largest absolute Gasteiger partial charge is 0.394 e. The quantitative estimate of drug-likeness (QED) is 0.759. The maximum absolute atomic E-state index is 9.07. The Morgan fingerprint density at radius 3 is 2.64 bits per heavy atom. The maximum atomic E-state index is 9.07. The molecule has 0 saturated heterocycles. The van der Waals surface area contributed by atoms with Crippen molar-refractivity contribution in [2.75, 3.05) is 11.9 Å². The Morgan fingerprint density at radius 2 is 2.14 bits per heavy atom. The number of aliphatic hydroxyl groups excluding tert-OH is 1. The van der Waals surface area contributed by atoms with Crippen molar-refractivity contribution in [1.29, 1.82) is 0 Å². The Morgan fingerprint density at radius 1 is 1.50 bits per heavy atom. The van der Waals surface area contributed by atoms with Gasteiger partial charge in [0, 0.05) is 0 Å². The molecule has 78 valence electrons. The van der Waals surface area contributed by atoms with Crippen molar-refractivity contribution in [2.45, 2.75) is 26.3 Å². The average molecular weight is 215 g/mol. The van der Waals surface area contributed by atoms with Crippen molar-refractivity contribution in [3.05, 3.63) is 22.8 Å². The summed E-state index contributed by atoms with van der Waals surface area (Å²) in [6, 6.07) is 3.68. The summed E-state index contributed by atoms with van der Waals surface area (Å²) in [6.45, 7) is 5.78. The van der Waals surface area contributed by atoms with Gasteiger partial charge in [-0.15, -0.1) is 0 Å². The first-order valence-corrected chi connectivity index (χ1v) is 4.84. The highest BCUT2D eigenvalue weighted by Gasteiger charge is 2.16. The van der Waals surface area contributed by atoms with Crippen LogP contribution < -0.4 is 5.32 Å². The van der Waals surface area contributed by atoms with Crippen molar-refractivity contribution in [3.63, 3.8) is 0 Å². The zero-order chi connectivity index (χ0) is 10.8. The third kappa shape index (κ3) is 3.16. The van der Waals surface area contributed by atoms with E-state index in [-0.39, 0.29) is 12.1 Å². The molecule has 3 nitrogen and oxygen atoms in total. The van der Waals surface area contributed by atoms with E-state index in [1.54, 1.807) is 6.07 Å². The molecule has 4 heteroatoms. The normalized spacial score (nSPS) is 11.5. The molecule has 0 atom stereocenters. The molecule has 0 radical (unpaired) electrons. The molecule has 1 rings (SSSR count). The van der Waals surface area contributed by atoms with E-state index in [1.807, 2.05) is 26.8 Å². The fourth-order valence-electron chi connectivity index (χ4n) is 1.08. The van der Waals surface area contributed by atoms with Gasteiger partial charge in [0.15, 0.2) is 0 Å². The van der Waals surface area contributed by atoms with Gasteiger partial charge in [-0.05, 0) is 38.5 Å². The van der Waals surface area contributed by atoms with Crippen LogP contribution in [-0.2, 0) is 0 Å². The van der Waals surface area contributed by atoms with E-state index >= 15 is 0 Å². The molecule has 0 saturated carbocycles. The number of pyridine rings is 1. The Balaban J connectivity index is 2.87. The lowest BCUT2D eigenvalue weighted by molar-refractivity contribution is 0.234. The highest BCUT2D eigenvalue weighted by Crippen LogP contribution is 2.17. The first-order valence-electron chi connectivity index (χ1n) is 4.46. The Hall–Kier alpha value is -0.800. The molecule has 0 aliphatic carbocycles. The molecule has 1 aromatic heterocycles.